The number of nitrogens with two attached hydrogens (primary N) is 1. The minimum atomic E-state index is -0.180. The number of amides is 1. The van der Waals surface area contributed by atoms with E-state index in [2.05, 4.69) is 39.9 Å². The van der Waals surface area contributed by atoms with Gasteiger partial charge in [-0.1, -0.05) is 117 Å². The lowest BCUT2D eigenvalue weighted by molar-refractivity contribution is -0.122. The van der Waals surface area contributed by atoms with Crippen molar-refractivity contribution in [2.75, 3.05) is 0 Å². The van der Waals surface area contributed by atoms with Crippen molar-refractivity contribution in [3.05, 3.63) is 0 Å². The molecule has 0 aliphatic carbocycles. The first-order chi connectivity index (χ1) is 15.3. The Bertz CT molecular complexity index is 422. The molecule has 0 spiro atoms. The summed E-state index contributed by atoms with van der Waals surface area (Å²) >= 11 is 0. The highest BCUT2D eigenvalue weighted by molar-refractivity contribution is 5.85. The Morgan fingerprint density at radius 2 is 1.15 bits per heavy atom. The summed E-state index contributed by atoms with van der Waals surface area (Å²) in [7, 11) is 0. The number of hydrogen-bond donors (Lipinski definition) is 2. The van der Waals surface area contributed by atoms with Gasteiger partial charge in [-0.15, -0.1) is 12.4 Å². The van der Waals surface area contributed by atoms with Crippen LogP contribution in [0, 0.1) is 5.92 Å². The van der Waals surface area contributed by atoms with Gasteiger partial charge in [-0.3, -0.25) is 4.79 Å². The standard InChI is InChI=1S/C29H60N2O.ClH/c1-6-9-11-13-15-16-18-19-21-23-26(25-29(4,5)30)27(8-3)31-28(32)24-22-20-17-14-12-10-7-2;/h26-27H,6-25,30H2,1-5H3,(H,31,32);1H. The first kappa shape index (κ1) is 34.9. The van der Waals surface area contributed by atoms with Crippen molar-refractivity contribution < 1.29 is 4.79 Å². The fraction of sp³-hybridized carbons (Fsp3) is 0.966. The van der Waals surface area contributed by atoms with Crippen LogP contribution < -0.4 is 11.1 Å². The molecule has 0 radical (unpaired) electrons. The summed E-state index contributed by atoms with van der Waals surface area (Å²) in [5.41, 5.74) is 6.23. The monoisotopic (exact) mass is 488 g/mol. The first-order valence-electron chi connectivity index (χ1n) is 14.4. The summed E-state index contributed by atoms with van der Waals surface area (Å²) in [5.74, 6) is 0.736. The SMILES string of the molecule is CCCCCCCCCCCC(CC(C)(C)N)C(CC)NC(=O)CCCCCCCCC.Cl. The Hall–Kier alpha value is -0.280. The maximum absolute atomic E-state index is 12.6. The molecular weight excluding hydrogens is 428 g/mol. The van der Waals surface area contributed by atoms with Crippen LogP contribution in [0.1, 0.15) is 163 Å². The minimum Gasteiger partial charge on any atom is -0.353 e. The zero-order valence-electron chi connectivity index (χ0n) is 23.2. The lowest BCUT2D eigenvalue weighted by Crippen LogP contribution is -2.44. The molecule has 0 rings (SSSR count). The first-order valence-corrected chi connectivity index (χ1v) is 14.4. The predicted octanol–water partition coefficient (Wildman–Crippen LogP) is 9.11. The summed E-state index contributed by atoms with van der Waals surface area (Å²) in [6.45, 7) is 11.0. The number of halogens is 1. The summed E-state index contributed by atoms with van der Waals surface area (Å²) in [6.07, 6.45) is 24.9. The molecule has 200 valence electrons. The molecule has 33 heavy (non-hydrogen) atoms. The number of rotatable bonds is 23. The second kappa shape index (κ2) is 23.5. The van der Waals surface area contributed by atoms with Crippen LogP contribution in [0.4, 0.5) is 0 Å². The van der Waals surface area contributed by atoms with E-state index in [0.717, 1.165) is 19.3 Å². The molecule has 1 amide bonds. The van der Waals surface area contributed by atoms with E-state index in [0.29, 0.717) is 12.3 Å². The van der Waals surface area contributed by atoms with Crippen molar-refractivity contribution in [3.8, 4) is 0 Å². The van der Waals surface area contributed by atoms with Crippen LogP contribution in [0.15, 0.2) is 0 Å². The van der Waals surface area contributed by atoms with Crippen LogP contribution in [0.25, 0.3) is 0 Å². The Morgan fingerprint density at radius 1 is 0.727 bits per heavy atom. The highest BCUT2D eigenvalue weighted by Crippen LogP contribution is 2.26. The van der Waals surface area contributed by atoms with Gasteiger partial charge in [0.25, 0.3) is 0 Å². The maximum atomic E-state index is 12.6. The minimum absolute atomic E-state index is 0. The van der Waals surface area contributed by atoms with E-state index in [1.54, 1.807) is 0 Å². The van der Waals surface area contributed by atoms with E-state index in [-0.39, 0.29) is 29.9 Å². The summed E-state index contributed by atoms with van der Waals surface area (Å²) < 4.78 is 0. The second-order valence-corrected chi connectivity index (χ2v) is 11.0. The molecule has 3 nitrogen and oxygen atoms in total. The maximum Gasteiger partial charge on any atom is 0.220 e. The smallest absolute Gasteiger partial charge is 0.220 e. The Morgan fingerprint density at radius 3 is 1.58 bits per heavy atom. The van der Waals surface area contributed by atoms with Gasteiger partial charge in [-0.05, 0) is 45.4 Å². The van der Waals surface area contributed by atoms with E-state index < -0.39 is 0 Å². The summed E-state index contributed by atoms with van der Waals surface area (Å²) in [4.78, 5) is 12.6. The fourth-order valence-electron chi connectivity index (χ4n) is 4.91. The number of nitrogens with one attached hydrogen (secondary N) is 1. The zero-order valence-corrected chi connectivity index (χ0v) is 24.0. The van der Waals surface area contributed by atoms with Crippen molar-refractivity contribution >= 4 is 18.3 Å². The van der Waals surface area contributed by atoms with Crippen molar-refractivity contribution in [1.29, 1.82) is 0 Å². The number of carbonyl (C=O) groups is 1. The Kier molecular flexibility index (Phi) is 24.8. The lowest BCUT2D eigenvalue weighted by Gasteiger charge is -2.32. The Balaban J connectivity index is 0. The molecule has 0 heterocycles. The van der Waals surface area contributed by atoms with Gasteiger partial charge in [0.15, 0.2) is 0 Å². The molecule has 0 saturated heterocycles. The molecule has 0 fully saturated rings. The predicted molar refractivity (Wildman–Crippen MR) is 150 cm³/mol. The van der Waals surface area contributed by atoms with Gasteiger partial charge in [0.2, 0.25) is 5.91 Å². The van der Waals surface area contributed by atoms with Gasteiger partial charge >= 0.3 is 0 Å². The van der Waals surface area contributed by atoms with E-state index in [1.165, 1.54) is 103 Å². The molecule has 0 aromatic carbocycles. The van der Waals surface area contributed by atoms with Crippen molar-refractivity contribution in [1.82, 2.24) is 5.32 Å². The van der Waals surface area contributed by atoms with Crippen LogP contribution in [0.5, 0.6) is 0 Å². The van der Waals surface area contributed by atoms with Crippen molar-refractivity contribution in [2.45, 2.75) is 175 Å². The van der Waals surface area contributed by atoms with E-state index in [9.17, 15) is 4.79 Å². The molecule has 4 heteroatoms. The normalized spacial score (nSPS) is 13.4. The van der Waals surface area contributed by atoms with E-state index in [4.69, 9.17) is 5.73 Å². The quantitative estimate of drug-likeness (QED) is 0.141. The third-order valence-corrected chi connectivity index (χ3v) is 6.83. The average Bonchev–Trinajstić information content (AvgIpc) is 2.74. The van der Waals surface area contributed by atoms with Gasteiger partial charge in [0.05, 0.1) is 0 Å². The molecule has 0 aromatic heterocycles. The molecule has 0 bridgehead atoms. The molecule has 0 aliphatic rings. The second-order valence-electron chi connectivity index (χ2n) is 11.0. The summed E-state index contributed by atoms with van der Waals surface area (Å²) in [6, 6.07) is 0.268. The number of unbranched alkanes of at least 4 members (excludes halogenated alkanes) is 14. The van der Waals surface area contributed by atoms with Gasteiger partial charge < -0.3 is 11.1 Å². The van der Waals surface area contributed by atoms with Crippen molar-refractivity contribution in [3.63, 3.8) is 0 Å². The molecule has 0 aliphatic heterocycles. The third kappa shape index (κ3) is 23.2. The lowest BCUT2D eigenvalue weighted by atomic mass is 9.82. The zero-order chi connectivity index (χ0) is 24.1. The third-order valence-electron chi connectivity index (χ3n) is 6.83. The van der Waals surface area contributed by atoms with Crippen molar-refractivity contribution in [2.24, 2.45) is 11.7 Å². The van der Waals surface area contributed by atoms with Gasteiger partial charge in [-0.2, -0.15) is 0 Å². The molecule has 0 saturated carbocycles. The van der Waals surface area contributed by atoms with Gasteiger partial charge in [-0.25, -0.2) is 0 Å². The highest BCUT2D eigenvalue weighted by Gasteiger charge is 2.26. The number of carbonyl (C=O) groups excluding carboxylic acids is 1. The van der Waals surface area contributed by atoms with E-state index in [1.807, 2.05) is 0 Å². The average molecular weight is 489 g/mol. The Labute approximate surface area is 214 Å². The fourth-order valence-corrected chi connectivity index (χ4v) is 4.91. The molecule has 0 aromatic rings. The summed E-state index contributed by atoms with van der Waals surface area (Å²) in [5, 5.41) is 3.39. The van der Waals surface area contributed by atoms with Gasteiger partial charge in [0.1, 0.15) is 0 Å². The molecule has 3 N–H and O–H groups in total. The van der Waals surface area contributed by atoms with E-state index >= 15 is 0 Å². The van der Waals surface area contributed by atoms with Crippen LogP contribution in [-0.2, 0) is 4.79 Å². The van der Waals surface area contributed by atoms with Crippen LogP contribution in [0.2, 0.25) is 0 Å². The largest absolute Gasteiger partial charge is 0.353 e. The number of hydrogen-bond acceptors (Lipinski definition) is 2. The van der Waals surface area contributed by atoms with Crippen LogP contribution >= 0.6 is 12.4 Å². The molecular formula is C29H61ClN2O. The van der Waals surface area contributed by atoms with Crippen LogP contribution in [0.3, 0.4) is 0 Å². The van der Waals surface area contributed by atoms with Gasteiger partial charge in [0, 0.05) is 18.0 Å². The topological polar surface area (TPSA) is 55.1 Å². The van der Waals surface area contributed by atoms with Crippen LogP contribution in [-0.4, -0.2) is 17.5 Å². The molecule has 2 atom stereocenters. The highest BCUT2D eigenvalue weighted by atomic mass is 35.5. The molecule has 2 unspecified atom stereocenters.